The second-order valence-electron chi connectivity index (χ2n) is 7.32. The molecular weight excluding hydrogens is 564 g/mol. The molecule has 180 valence electrons. The fraction of sp³-hybridized carbons (Fsp3) is 0.250. The van der Waals surface area contributed by atoms with Crippen LogP contribution >= 0.6 is 58.0 Å². The smallest absolute Gasteiger partial charge is 0.374 e. The van der Waals surface area contributed by atoms with Gasteiger partial charge in [-0.05, 0) is 24.3 Å². The van der Waals surface area contributed by atoms with Crippen molar-refractivity contribution in [2.45, 2.75) is 30.8 Å². The number of alkyl halides is 3. The first-order chi connectivity index (χ1) is 15.9. The molecule has 14 heteroatoms. The van der Waals surface area contributed by atoms with Crippen molar-refractivity contribution in [3.05, 3.63) is 67.1 Å². The van der Waals surface area contributed by atoms with Gasteiger partial charge in [-0.1, -0.05) is 74.4 Å². The molecule has 4 rings (SSSR count). The lowest BCUT2D eigenvalue weighted by Crippen LogP contribution is -2.42. The fourth-order valence-corrected chi connectivity index (χ4v) is 4.42. The Morgan fingerprint density at radius 2 is 1.71 bits per heavy atom. The molecule has 1 unspecified atom stereocenters. The number of amides is 1. The van der Waals surface area contributed by atoms with E-state index >= 15 is 0 Å². The Hall–Kier alpha value is -1.91. The van der Waals surface area contributed by atoms with E-state index in [9.17, 15) is 18.0 Å². The molecule has 34 heavy (non-hydrogen) atoms. The number of nitrogens with zero attached hydrogens (tertiary/aromatic N) is 2. The zero-order valence-electron chi connectivity index (χ0n) is 16.5. The lowest BCUT2D eigenvalue weighted by atomic mass is 9.86. The third-order valence-electron chi connectivity index (χ3n) is 5.11. The minimum Gasteiger partial charge on any atom is -0.374 e. The Morgan fingerprint density at radius 1 is 1.03 bits per heavy atom. The second-order valence-corrected chi connectivity index (χ2v) is 9.35. The van der Waals surface area contributed by atoms with Crippen molar-refractivity contribution in [3.8, 4) is 0 Å². The maximum absolute atomic E-state index is 14.2. The highest BCUT2D eigenvalue weighted by molar-refractivity contribution is 6.65. The second kappa shape index (κ2) is 9.28. The van der Waals surface area contributed by atoms with Crippen molar-refractivity contribution in [2.24, 2.45) is 10.3 Å². The highest BCUT2D eigenvalue weighted by Gasteiger charge is 2.62. The highest BCUT2D eigenvalue weighted by atomic mass is 35.5. The van der Waals surface area contributed by atoms with E-state index in [4.69, 9.17) is 67.7 Å². The summed E-state index contributed by atoms with van der Waals surface area (Å²) in [6.07, 6.45) is -6.14. The summed E-state index contributed by atoms with van der Waals surface area (Å²) in [7, 11) is 0. The Bertz CT molecular complexity index is 1210. The van der Waals surface area contributed by atoms with Gasteiger partial charge >= 0.3 is 6.18 Å². The number of benzene rings is 2. The maximum Gasteiger partial charge on any atom is 0.435 e. The molecule has 2 atom stereocenters. The van der Waals surface area contributed by atoms with E-state index in [2.05, 4.69) is 15.6 Å². The first kappa shape index (κ1) is 25.2. The predicted molar refractivity (Wildman–Crippen MR) is 123 cm³/mol. The van der Waals surface area contributed by atoms with E-state index in [-0.39, 0.29) is 54.1 Å². The number of oxime groups is 2. The van der Waals surface area contributed by atoms with Gasteiger partial charge in [-0.15, -0.1) is 0 Å². The summed E-state index contributed by atoms with van der Waals surface area (Å²) in [5.41, 5.74) is -2.97. The number of nitrogens with one attached hydrogen (secondary N) is 1. The summed E-state index contributed by atoms with van der Waals surface area (Å²) in [6, 6.07) is 6.12. The van der Waals surface area contributed by atoms with Crippen LogP contribution in [0.2, 0.25) is 20.1 Å². The van der Waals surface area contributed by atoms with Crippen LogP contribution in [0.25, 0.3) is 0 Å². The van der Waals surface area contributed by atoms with Crippen LogP contribution in [0.15, 0.2) is 40.6 Å². The van der Waals surface area contributed by atoms with Gasteiger partial charge in [-0.25, -0.2) is 0 Å². The van der Waals surface area contributed by atoms with Gasteiger partial charge in [-0.2, -0.15) is 13.2 Å². The minimum atomic E-state index is -4.88. The molecule has 0 saturated heterocycles. The summed E-state index contributed by atoms with van der Waals surface area (Å²) in [5, 5.41) is 9.48. The number of rotatable bonds is 4. The number of carbonyl (C=O) groups is 1. The molecule has 1 N–H and O–H groups in total. The van der Waals surface area contributed by atoms with E-state index in [1.165, 1.54) is 18.2 Å². The molecule has 0 radical (unpaired) electrons. The average molecular weight is 576 g/mol. The molecular formula is C20H11Cl5F3N3O3. The summed E-state index contributed by atoms with van der Waals surface area (Å²) >= 11 is 29.7. The van der Waals surface area contributed by atoms with E-state index in [1.807, 2.05) is 0 Å². The molecule has 0 saturated carbocycles. The van der Waals surface area contributed by atoms with Gasteiger partial charge in [0.05, 0.1) is 37.8 Å². The van der Waals surface area contributed by atoms with Gasteiger partial charge in [0, 0.05) is 17.5 Å². The lowest BCUT2D eigenvalue weighted by molar-refractivity contribution is -0.275. The molecule has 0 aliphatic carbocycles. The van der Waals surface area contributed by atoms with E-state index in [1.54, 1.807) is 0 Å². The third-order valence-corrected chi connectivity index (χ3v) is 6.84. The Balaban J connectivity index is 1.59. The quantitative estimate of drug-likeness (QED) is 0.403. The van der Waals surface area contributed by atoms with Gasteiger partial charge in [0.15, 0.2) is 5.17 Å². The standard InChI is InChI=1S/C20H11Cl5F3N3O3/c21-11-3-8(1-2-10(11)18(32)29-16-6-15(24)31-33-16)14-7-19(34-30-14,20(26,27)28)9-4-12(22)17(25)13(23)5-9/h1-5,16H,6-7H2,(H,29,32)/t16?,19-/m0/s1. The molecule has 0 fully saturated rings. The molecule has 1 amide bonds. The summed E-state index contributed by atoms with van der Waals surface area (Å²) in [5.74, 6) is -0.581. The van der Waals surface area contributed by atoms with Gasteiger partial charge in [0.2, 0.25) is 6.23 Å². The summed E-state index contributed by atoms with van der Waals surface area (Å²) in [6.45, 7) is 0. The molecule has 0 aromatic heterocycles. The third kappa shape index (κ3) is 4.64. The van der Waals surface area contributed by atoms with Crippen LogP contribution in [0, 0.1) is 0 Å². The first-order valence-electron chi connectivity index (χ1n) is 9.37. The zero-order valence-corrected chi connectivity index (χ0v) is 20.3. The van der Waals surface area contributed by atoms with Crippen LogP contribution < -0.4 is 5.32 Å². The van der Waals surface area contributed by atoms with Crippen LogP contribution in [0.3, 0.4) is 0 Å². The predicted octanol–water partition coefficient (Wildman–Crippen LogP) is 6.91. The molecule has 2 aromatic carbocycles. The molecule has 2 heterocycles. The van der Waals surface area contributed by atoms with E-state index in [0.717, 1.165) is 12.1 Å². The number of carbonyl (C=O) groups excluding carboxylic acids is 1. The van der Waals surface area contributed by atoms with Crippen molar-refractivity contribution in [1.29, 1.82) is 0 Å². The van der Waals surface area contributed by atoms with E-state index in [0.29, 0.717) is 0 Å². The summed E-state index contributed by atoms with van der Waals surface area (Å²) < 4.78 is 42.6. The number of hydrogen-bond acceptors (Lipinski definition) is 5. The SMILES string of the molecule is O=C(NC1CC(Cl)=NO1)c1ccc(C2=NO[C@@](c3cc(Cl)c(Cl)c(Cl)c3)(C(F)(F)F)C2)cc1Cl. The minimum absolute atomic E-state index is 0.0233. The maximum atomic E-state index is 14.2. The summed E-state index contributed by atoms with van der Waals surface area (Å²) in [4.78, 5) is 22.4. The molecule has 2 aliphatic rings. The highest BCUT2D eigenvalue weighted by Crippen LogP contribution is 2.50. The number of hydrogen-bond donors (Lipinski definition) is 1. The van der Waals surface area contributed by atoms with Crippen LogP contribution in [0.4, 0.5) is 13.2 Å². The Kier molecular flexibility index (Phi) is 6.87. The average Bonchev–Trinajstić information content (AvgIpc) is 3.38. The van der Waals surface area contributed by atoms with Crippen molar-refractivity contribution >= 4 is 74.8 Å². The zero-order chi connectivity index (χ0) is 24.8. The molecule has 2 aliphatic heterocycles. The molecule has 6 nitrogen and oxygen atoms in total. The van der Waals surface area contributed by atoms with Crippen LogP contribution in [-0.2, 0) is 15.3 Å². The molecule has 0 bridgehead atoms. The topological polar surface area (TPSA) is 72.3 Å². The molecule has 0 spiro atoms. The monoisotopic (exact) mass is 573 g/mol. The van der Waals surface area contributed by atoms with Crippen molar-refractivity contribution in [1.82, 2.24) is 5.32 Å². The van der Waals surface area contributed by atoms with Gasteiger partial charge in [-0.3, -0.25) is 4.79 Å². The molecule has 2 aromatic rings. The lowest BCUT2D eigenvalue weighted by Gasteiger charge is -2.30. The largest absolute Gasteiger partial charge is 0.435 e. The fourth-order valence-electron chi connectivity index (χ4n) is 3.38. The van der Waals surface area contributed by atoms with Crippen molar-refractivity contribution in [2.75, 3.05) is 0 Å². The van der Waals surface area contributed by atoms with Gasteiger partial charge in [0.25, 0.3) is 11.5 Å². The normalized spacial score (nSPS) is 22.1. The first-order valence-corrected chi connectivity index (χ1v) is 11.3. The Morgan fingerprint density at radius 3 is 2.26 bits per heavy atom. The van der Waals surface area contributed by atoms with Crippen molar-refractivity contribution in [3.63, 3.8) is 0 Å². The van der Waals surface area contributed by atoms with Gasteiger partial charge in [0.1, 0.15) is 0 Å². The van der Waals surface area contributed by atoms with Crippen molar-refractivity contribution < 1.29 is 27.6 Å². The van der Waals surface area contributed by atoms with Crippen LogP contribution in [0.5, 0.6) is 0 Å². The number of halogens is 8. The van der Waals surface area contributed by atoms with Crippen LogP contribution in [0.1, 0.15) is 34.3 Å². The van der Waals surface area contributed by atoms with Gasteiger partial charge < -0.3 is 15.0 Å². The van der Waals surface area contributed by atoms with E-state index < -0.39 is 30.3 Å². The Labute approximate surface area is 215 Å². The van der Waals surface area contributed by atoms with Crippen LogP contribution in [-0.4, -0.2) is 29.2 Å².